The van der Waals surface area contributed by atoms with Gasteiger partial charge in [0.2, 0.25) is 5.91 Å². The van der Waals surface area contributed by atoms with Gasteiger partial charge in [-0.25, -0.2) is 4.79 Å². The molecule has 0 spiro atoms. The Morgan fingerprint density at radius 2 is 1.81 bits per heavy atom. The molecule has 2 amide bonds. The molecule has 3 aliphatic rings. The van der Waals surface area contributed by atoms with Gasteiger partial charge in [-0.3, -0.25) is 9.69 Å². The van der Waals surface area contributed by atoms with Crippen molar-refractivity contribution >= 4 is 17.7 Å². The number of hydrogen-bond donors (Lipinski definition) is 3. The number of rotatable bonds is 8. The van der Waals surface area contributed by atoms with Crippen LogP contribution >= 0.6 is 0 Å². The summed E-state index contributed by atoms with van der Waals surface area (Å²) >= 11 is 0. The van der Waals surface area contributed by atoms with Crippen LogP contribution in [0.1, 0.15) is 70.8 Å². The van der Waals surface area contributed by atoms with Crippen LogP contribution in [0.15, 0.2) is 24.3 Å². The van der Waals surface area contributed by atoms with E-state index in [1.807, 2.05) is 38.1 Å². The fourth-order valence-electron chi connectivity index (χ4n) is 6.58. The van der Waals surface area contributed by atoms with Crippen molar-refractivity contribution in [2.75, 3.05) is 25.1 Å². The molecule has 0 radical (unpaired) electrons. The number of methoxy groups -OCH3 is 1. The highest BCUT2D eigenvalue weighted by molar-refractivity contribution is 5.95. The first-order valence-electron chi connectivity index (χ1n) is 13.6. The highest BCUT2D eigenvalue weighted by atomic mass is 16.5. The lowest BCUT2D eigenvalue weighted by Gasteiger charge is -2.47. The topological polar surface area (TPSA) is 108 Å². The highest BCUT2D eigenvalue weighted by Gasteiger charge is 2.37. The van der Waals surface area contributed by atoms with Crippen molar-refractivity contribution in [1.82, 2.24) is 10.2 Å². The van der Waals surface area contributed by atoms with Crippen molar-refractivity contribution in [2.45, 2.75) is 102 Å². The molecule has 0 aromatic heterocycles. The molecule has 2 fully saturated rings. The van der Waals surface area contributed by atoms with Crippen LogP contribution in [-0.4, -0.2) is 72.5 Å². The Balaban J connectivity index is 1.37. The summed E-state index contributed by atoms with van der Waals surface area (Å²) in [5.41, 5.74) is 8.06. The van der Waals surface area contributed by atoms with Gasteiger partial charge in [0.15, 0.2) is 0 Å². The third-order valence-electron chi connectivity index (χ3n) is 8.36. The largest absolute Gasteiger partial charge is 0.453 e. The molecule has 2 saturated heterocycles. The van der Waals surface area contributed by atoms with E-state index < -0.39 is 18.2 Å². The maximum absolute atomic E-state index is 13.5. The molecule has 0 saturated carbocycles. The monoisotopic (exact) mass is 500 g/mol. The number of fused-ring (bicyclic) bond motifs is 3. The van der Waals surface area contributed by atoms with Gasteiger partial charge in [0.25, 0.3) is 0 Å². The minimum Gasteiger partial charge on any atom is -0.453 e. The maximum atomic E-state index is 13.5. The molecule has 4 N–H and O–H groups in total. The molecule has 1 aromatic carbocycles. The highest BCUT2D eigenvalue weighted by Crippen LogP contribution is 2.35. The lowest BCUT2D eigenvalue weighted by molar-refractivity contribution is -0.121. The molecule has 2 bridgehead atoms. The number of ether oxygens (including phenoxy) is 1. The zero-order valence-corrected chi connectivity index (χ0v) is 22.1. The Morgan fingerprint density at radius 1 is 1.17 bits per heavy atom. The third kappa shape index (κ3) is 6.39. The van der Waals surface area contributed by atoms with Gasteiger partial charge in [0, 0.05) is 43.3 Å². The average Bonchev–Trinajstić information content (AvgIpc) is 2.82. The van der Waals surface area contributed by atoms with Gasteiger partial charge in [-0.05, 0) is 55.6 Å². The van der Waals surface area contributed by atoms with Crippen LogP contribution in [0.25, 0.3) is 0 Å². The summed E-state index contributed by atoms with van der Waals surface area (Å²) < 4.78 is 4.77. The van der Waals surface area contributed by atoms with Crippen LogP contribution in [0, 0.1) is 5.41 Å². The molecule has 3 heterocycles. The van der Waals surface area contributed by atoms with E-state index in [-0.39, 0.29) is 17.4 Å². The van der Waals surface area contributed by atoms with Crippen LogP contribution in [0.4, 0.5) is 10.5 Å². The van der Waals surface area contributed by atoms with Crippen LogP contribution < -0.4 is 16.0 Å². The van der Waals surface area contributed by atoms with E-state index in [0.29, 0.717) is 44.4 Å². The van der Waals surface area contributed by atoms with Gasteiger partial charge < -0.3 is 25.8 Å². The molecule has 1 aromatic rings. The van der Waals surface area contributed by atoms with E-state index in [0.717, 1.165) is 11.3 Å². The summed E-state index contributed by atoms with van der Waals surface area (Å²) in [5, 5.41) is 13.9. The van der Waals surface area contributed by atoms with Crippen molar-refractivity contribution in [3.8, 4) is 0 Å². The number of para-hydroxylation sites is 1. The molecular formula is C28H44N4O4. The standard InChI is InChI=1S/C28H44N4O4/c1-28(2,15-23(29)25(33)18-31-21-9-6-10-22(31)12-7-11-21)16-26(34)32-17-20(30-27(35)36-3)14-19-8-4-5-13-24(19)32/h4-5,8,13,20-23,25,33H,6-7,9-12,14-18,29H2,1-3H3,(H,30,35)/t20?,21?,22?,23-,25-/m0/s1. The quantitative estimate of drug-likeness (QED) is 0.506. The molecule has 4 rings (SSSR count). The Kier molecular flexibility index (Phi) is 8.58. The van der Waals surface area contributed by atoms with E-state index in [9.17, 15) is 14.7 Å². The Labute approximate surface area is 215 Å². The van der Waals surface area contributed by atoms with Crippen molar-refractivity contribution in [1.29, 1.82) is 0 Å². The van der Waals surface area contributed by atoms with E-state index in [1.165, 1.54) is 45.6 Å². The van der Waals surface area contributed by atoms with E-state index >= 15 is 0 Å². The number of hydrogen-bond acceptors (Lipinski definition) is 6. The first-order chi connectivity index (χ1) is 17.2. The number of piperidine rings is 2. The maximum Gasteiger partial charge on any atom is 0.407 e. The smallest absolute Gasteiger partial charge is 0.407 e. The second-order valence-electron chi connectivity index (χ2n) is 11.8. The van der Waals surface area contributed by atoms with Crippen molar-refractivity contribution in [3.05, 3.63) is 29.8 Å². The van der Waals surface area contributed by atoms with Gasteiger partial charge in [0.05, 0.1) is 19.3 Å². The van der Waals surface area contributed by atoms with Gasteiger partial charge in [0.1, 0.15) is 0 Å². The van der Waals surface area contributed by atoms with Gasteiger partial charge in [-0.1, -0.05) is 44.9 Å². The first kappa shape index (κ1) is 26.9. The lowest BCUT2D eigenvalue weighted by Crippen LogP contribution is -2.55. The number of aliphatic hydroxyl groups is 1. The Bertz CT molecular complexity index is 901. The molecule has 3 aliphatic heterocycles. The number of nitrogens with zero attached hydrogens (tertiary/aromatic N) is 2. The van der Waals surface area contributed by atoms with Crippen LogP contribution in [-0.2, 0) is 16.0 Å². The second kappa shape index (κ2) is 11.5. The third-order valence-corrected chi connectivity index (χ3v) is 8.36. The number of anilines is 1. The van der Waals surface area contributed by atoms with Crippen LogP contribution in [0.2, 0.25) is 0 Å². The zero-order chi connectivity index (χ0) is 25.9. The van der Waals surface area contributed by atoms with Gasteiger partial charge >= 0.3 is 6.09 Å². The van der Waals surface area contributed by atoms with E-state index in [4.69, 9.17) is 10.5 Å². The number of nitrogens with two attached hydrogens (primary N) is 1. The predicted octanol–water partition coefficient (Wildman–Crippen LogP) is 3.20. The predicted molar refractivity (Wildman–Crippen MR) is 141 cm³/mol. The molecule has 3 atom stereocenters. The summed E-state index contributed by atoms with van der Waals surface area (Å²) in [6, 6.07) is 8.39. The average molecular weight is 501 g/mol. The number of amides is 2. The molecule has 0 aliphatic carbocycles. The van der Waals surface area contributed by atoms with Crippen molar-refractivity contribution in [3.63, 3.8) is 0 Å². The summed E-state index contributed by atoms with van der Waals surface area (Å²) in [5.74, 6) is -0.00364. The molecule has 200 valence electrons. The van der Waals surface area contributed by atoms with Gasteiger partial charge in [-0.15, -0.1) is 0 Å². The summed E-state index contributed by atoms with van der Waals surface area (Å²) in [7, 11) is 1.34. The zero-order valence-electron chi connectivity index (χ0n) is 22.1. The van der Waals surface area contributed by atoms with Crippen LogP contribution in [0.3, 0.4) is 0 Å². The number of nitrogens with one attached hydrogen (secondary N) is 1. The van der Waals surface area contributed by atoms with Crippen LogP contribution in [0.5, 0.6) is 0 Å². The number of aliphatic hydroxyl groups excluding tert-OH is 1. The van der Waals surface area contributed by atoms with Gasteiger partial charge in [-0.2, -0.15) is 0 Å². The summed E-state index contributed by atoms with van der Waals surface area (Å²) in [4.78, 5) is 29.6. The lowest BCUT2D eigenvalue weighted by atomic mass is 9.80. The minimum absolute atomic E-state index is 0.00364. The number of benzene rings is 1. The SMILES string of the molecule is COC(=O)NC1Cc2ccccc2N(C(=O)CC(C)(C)C[C@H](N)[C@@H](O)CN2C3CCCC2CCC3)C1. The molecule has 36 heavy (non-hydrogen) atoms. The first-order valence-corrected chi connectivity index (χ1v) is 13.6. The van der Waals surface area contributed by atoms with E-state index in [1.54, 1.807) is 4.90 Å². The van der Waals surface area contributed by atoms with Crippen molar-refractivity contribution < 1.29 is 19.4 Å². The summed E-state index contributed by atoms with van der Waals surface area (Å²) in [6.07, 6.45) is 7.89. The molecule has 8 heteroatoms. The van der Waals surface area contributed by atoms with E-state index in [2.05, 4.69) is 10.2 Å². The molecule has 8 nitrogen and oxygen atoms in total. The minimum atomic E-state index is -0.607. The fraction of sp³-hybridized carbons (Fsp3) is 0.714. The molecule has 1 unspecified atom stereocenters. The second-order valence-corrected chi connectivity index (χ2v) is 11.8. The Morgan fingerprint density at radius 3 is 2.44 bits per heavy atom. The number of carbonyl (C=O) groups is 2. The number of carbonyl (C=O) groups excluding carboxylic acids is 2. The fourth-order valence-corrected chi connectivity index (χ4v) is 6.58. The normalized spacial score (nSPS) is 26.0. The number of alkyl carbamates (subject to hydrolysis) is 1. The Hall–Kier alpha value is -2.16. The summed E-state index contributed by atoms with van der Waals surface area (Å²) in [6.45, 7) is 5.12. The molecular weight excluding hydrogens is 456 g/mol. The van der Waals surface area contributed by atoms with Crippen molar-refractivity contribution in [2.24, 2.45) is 11.1 Å².